The van der Waals surface area contributed by atoms with E-state index >= 15 is 0 Å². The highest BCUT2D eigenvalue weighted by molar-refractivity contribution is 8.26. The number of thiocarbonyl (C=S) groups is 1. The fourth-order valence-electron chi connectivity index (χ4n) is 2.52. The van der Waals surface area contributed by atoms with E-state index in [1.807, 2.05) is 31.2 Å². The Balaban J connectivity index is 1.60. The van der Waals surface area contributed by atoms with Crippen LogP contribution in [0.5, 0.6) is 0 Å². The van der Waals surface area contributed by atoms with Crippen molar-refractivity contribution in [3.05, 3.63) is 69.3 Å². The fourth-order valence-corrected chi connectivity index (χ4v) is 4.01. The van der Waals surface area contributed by atoms with Gasteiger partial charge in [0.1, 0.15) is 10.1 Å². The van der Waals surface area contributed by atoms with Crippen molar-refractivity contribution in [1.82, 2.24) is 4.90 Å². The van der Waals surface area contributed by atoms with Gasteiger partial charge in [-0.25, -0.2) is 4.39 Å². The van der Waals surface area contributed by atoms with Crippen LogP contribution < -0.4 is 5.32 Å². The zero-order valence-corrected chi connectivity index (χ0v) is 17.3. The molecular weight excluding hydrogens is 419 g/mol. The number of amides is 2. The molecule has 1 heterocycles. The van der Waals surface area contributed by atoms with Crippen molar-refractivity contribution in [2.45, 2.75) is 13.3 Å². The highest BCUT2D eigenvalue weighted by Crippen LogP contribution is 2.32. The van der Waals surface area contributed by atoms with Crippen LogP contribution in [0.4, 0.5) is 10.1 Å². The number of carbonyl (C=O) groups is 2. The van der Waals surface area contributed by atoms with Gasteiger partial charge >= 0.3 is 0 Å². The third-order valence-electron chi connectivity index (χ3n) is 4.01. The standard InChI is InChI=1S/C20H16ClFN2O2S2/c1-12-2-4-13(5-3-12)10-17-19(26)24(20(27)28-17)9-8-18(25)23-14-6-7-16(22)15(21)11-14/h2-7,10-11H,8-9H2,1H3,(H,23,25). The van der Waals surface area contributed by atoms with Crippen LogP contribution >= 0.6 is 35.6 Å². The first-order valence-electron chi connectivity index (χ1n) is 8.40. The summed E-state index contributed by atoms with van der Waals surface area (Å²) in [7, 11) is 0. The van der Waals surface area contributed by atoms with E-state index in [1.165, 1.54) is 34.9 Å². The zero-order chi connectivity index (χ0) is 20.3. The van der Waals surface area contributed by atoms with E-state index < -0.39 is 5.82 Å². The number of nitrogens with one attached hydrogen (secondary N) is 1. The smallest absolute Gasteiger partial charge is 0.266 e. The van der Waals surface area contributed by atoms with Crippen molar-refractivity contribution in [3.8, 4) is 0 Å². The first-order valence-corrected chi connectivity index (χ1v) is 10.0. The van der Waals surface area contributed by atoms with E-state index in [0.717, 1.165) is 11.1 Å². The van der Waals surface area contributed by atoms with Crippen LogP contribution in [0.2, 0.25) is 5.02 Å². The summed E-state index contributed by atoms with van der Waals surface area (Å²) in [6, 6.07) is 11.7. The summed E-state index contributed by atoms with van der Waals surface area (Å²) >= 11 is 12.2. The minimum Gasteiger partial charge on any atom is -0.326 e. The van der Waals surface area contributed by atoms with Crippen LogP contribution in [-0.4, -0.2) is 27.6 Å². The van der Waals surface area contributed by atoms with Crippen molar-refractivity contribution >= 4 is 63.5 Å². The van der Waals surface area contributed by atoms with Gasteiger partial charge in [0.2, 0.25) is 5.91 Å². The second kappa shape index (κ2) is 8.86. The third kappa shape index (κ3) is 4.98. The minimum absolute atomic E-state index is 0.0548. The Morgan fingerprint density at radius 2 is 2.00 bits per heavy atom. The fraction of sp³-hybridized carbons (Fsp3) is 0.150. The largest absolute Gasteiger partial charge is 0.326 e. The molecule has 0 unspecified atom stereocenters. The molecule has 0 atom stereocenters. The molecule has 2 amide bonds. The van der Waals surface area contributed by atoms with Crippen LogP contribution in [0.15, 0.2) is 47.4 Å². The predicted molar refractivity (Wildman–Crippen MR) is 116 cm³/mol. The molecule has 0 aliphatic carbocycles. The summed E-state index contributed by atoms with van der Waals surface area (Å²) in [5.41, 5.74) is 2.44. The van der Waals surface area contributed by atoms with Crippen molar-refractivity contribution < 1.29 is 14.0 Å². The van der Waals surface area contributed by atoms with Crippen molar-refractivity contribution in [1.29, 1.82) is 0 Å². The molecule has 0 saturated carbocycles. The molecule has 1 N–H and O–H groups in total. The Labute approximate surface area is 176 Å². The predicted octanol–water partition coefficient (Wildman–Crippen LogP) is 5.02. The highest BCUT2D eigenvalue weighted by atomic mass is 35.5. The number of hydrogen-bond donors (Lipinski definition) is 1. The number of nitrogens with zero attached hydrogens (tertiary/aromatic N) is 1. The molecule has 0 aromatic heterocycles. The molecule has 3 rings (SSSR count). The van der Waals surface area contributed by atoms with E-state index in [0.29, 0.717) is 14.9 Å². The topological polar surface area (TPSA) is 49.4 Å². The zero-order valence-electron chi connectivity index (χ0n) is 14.9. The molecule has 1 saturated heterocycles. The second-order valence-electron chi connectivity index (χ2n) is 6.17. The quantitative estimate of drug-likeness (QED) is 0.530. The number of halogens is 2. The summed E-state index contributed by atoms with van der Waals surface area (Å²) in [6.07, 6.45) is 1.85. The van der Waals surface area contributed by atoms with Crippen LogP contribution in [0, 0.1) is 12.7 Å². The minimum atomic E-state index is -0.558. The maximum Gasteiger partial charge on any atom is 0.266 e. The lowest BCUT2D eigenvalue weighted by molar-refractivity contribution is -0.122. The van der Waals surface area contributed by atoms with Crippen LogP contribution in [-0.2, 0) is 9.59 Å². The summed E-state index contributed by atoms with van der Waals surface area (Å²) in [5.74, 6) is -1.09. The third-order valence-corrected chi connectivity index (χ3v) is 5.68. The van der Waals surface area contributed by atoms with E-state index in [9.17, 15) is 14.0 Å². The molecule has 4 nitrogen and oxygen atoms in total. The van der Waals surface area contributed by atoms with Crippen molar-refractivity contribution in [3.63, 3.8) is 0 Å². The van der Waals surface area contributed by atoms with E-state index in [-0.39, 0.29) is 29.8 Å². The van der Waals surface area contributed by atoms with Crippen LogP contribution in [0.1, 0.15) is 17.5 Å². The molecule has 1 aliphatic rings. The van der Waals surface area contributed by atoms with E-state index in [4.69, 9.17) is 23.8 Å². The number of benzene rings is 2. The highest BCUT2D eigenvalue weighted by Gasteiger charge is 2.32. The number of aryl methyl sites for hydroxylation is 1. The number of thioether (sulfide) groups is 1. The van der Waals surface area contributed by atoms with Crippen molar-refractivity contribution in [2.75, 3.05) is 11.9 Å². The first kappa shape index (κ1) is 20.5. The first-order chi connectivity index (χ1) is 13.3. The van der Waals surface area contributed by atoms with Crippen molar-refractivity contribution in [2.24, 2.45) is 0 Å². The van der Waals surface area contributed by atoms with Gasteiger partial charge < -0.3 is 5.32 Å². The molecule has 1 aliphatic heterocycles. The average molecular weight is 435 g/mol. The molecule has 0 radical (unpaired) electrons. The maximum absolute atomic E-state index is 13.2. The lowest BCUT2D eigenvalue weighted by Gasteiger charge is -2.14. The summed E-state index contributed by atoms with van der Waals surface area (Å²) in [4.78, 5) is 26.7. The summed E-state index contributed by atoms with van der Waals surface area (Å²) in [5, 5.41) is 2.55. The monoisotopic (exact) mass is 434 g/mol. The molecule has 2 aromatic carbocycles. The lowest BCUT2D eigenvalue weighted by Crippen LogP contribution is -2.31. The maximum atomic E-state index is 13.2. The van der Waals surface area contributed by atoms with Crippen LogP contribution in [0.3, 0.4) is 0 Å². The number of carbonyl (C=O) groups excluding carboxylic acids is 2. The molecule has 0 bridgehead atoms. The van der Waals surface area contributed by atoms with Crippen LogP contribution in [0.25, 0.3) is 6.08 Å². The van der Waals surface area contributed by atoms with Gasteiger partial charge in [0, 0.05) is 18.7 Å². The van der Waals surface area contributed by atoms with Gasteiger partial charge in [0.05, 0.1) is 9.93 Å². The Morgan fingerprint density at radius 3 is 2.68 bits per heavy atom. The molecule has 144 valence electrons. The Kier molecular flexibility index (Phi) is 6.49. The van der Waals surface area contributed by atoms with Gasteiger partial charge in [-0.3, -0.25) is 14.5 Å². The normalized spacial score (nSPS) is 15.4. The Bertz CT molecular complexity index is 977. The Hall–Kier alpha value is -2.22. The van der Waals surface area contributed by atoms with E-state index in [1.54, 1.807) is 6.08 Å². The van der Waals surface area contributed by atoms with Gasteiger partial charge in [0.15, 0.2) is 0 Å². The number of rotatable bonds is 5. The summed E-state index contributed by atoms with van der Waals surface area (Å²) in [6.45, 7) is 2.16. The number of anilines is 1. The second-order valence-corrected chi connectivity index (χ2v) is 8.25. The number of hydrogen-bond acceptors (Lipinski definition) is 4. The Morgan fingerprint density at radius 1 is 1.29 bits per heavy atom. The van der Waals surface area contributed by atoms with E-state index in [2.05, 4.69) is 5.32 Å². The lowest BCUT2D eigenvalue weighted by atomic mass is 10.1. The molecule has 8 heteroatoms. The summed E-state index contributed by atoms with van der Waals surface area (Å²) < 4.78 is 13.6. The molecular formula is C20H16ClFN2O2S2. The molecule has 1 fully saturated rings. The van der Waals surface area contributed by atoms with Gasteiger partial charge in [0.25, 0.3) is 5.91 Å². The average Bonchev–Trinajstić information content (AvgIpc) is 2.91. The van der Waals surface area contributed by atoms with Gasteiger partial charge in [-0.1, -0.05) is 65.4 Å². The molecule has 28 heavy (non-hydrogen) atoms. The van der Waals surface area contributed by atoms with Gasteiger partial charge in [-0.2, -0.15) is 0 Å². The van der Waals surface area contributed by atoms with Gasteiger partial charge in [-0.15, -0.1) is 0 Å². The SMILES string of the molecule is Cc1ccc(C=C2SC(=S)N(CCC(=O)Nc3ccc(F)c(Cl)c3)C2=O)cc1. The van der Waals surface area contributed by atoms with Gasteiger partial charge in [-0.05, 0) is 36.8 Å². The molecule has 0 spiro atoms. The molecule has 2 aromatic rings.